The van der Waals surface area contributed by atoms with Gasteiger partial charge in [-0.25, -0.2) is 12.1 Å². The zero-order valence-electron chi connectivity index (χ0n) is 3.42. The molecule has 0 saturated carbocycles. The summed E-state index contributed by atoms with van der Waals surface area (Å²) in [6.07, 6.45) is 0. The number of rotatable bonds is 0. The summed E-state index contributed by atoms with van der Waals surface area (Å²) in [5.41, 5.74) is 0. The monoisotopic (exact) mass is 413 g/mol. The van der Waals surface area contributed by atoms with Crippen molar-refractivity contribution in [2.45, 2.75) is 0 Å². The SMILES string of the molecule is [Yb+3].[Yb+3].c1cc[cH-]c1. The fourth-order valence-electron chi connectivity index (χ4n) is 0.321. The first-order valence-electron chi connectivity index (χ1n) is 1.67. The van der Waals surface area contributed by atoms with Gasteiger partial charge in [-0.2, -0.15) is 18.2 Å². The van der Waals surface area contributed by atoms with Crippen molar-refractivity contribution in [3.05, 3.63) is 30.3 Å². The van der Waals surface area contributed by atoms with Crippen LogP contribution in [0.25, 0.3) is 0 Å². The molecule has 48 valence electrons. The summed E-state index contributed by atoms with van der Waals surface area (Å²) in [7, 11) is 0. The largest absolute Gasteiger partial charge is 3.00 e. The van der Waals surface area contributed by atoms with Gasteiger partial charge in [-0.15, -0.1) is 0 Å². The van der Waals surface area contributed by atoms with Gasteiger partial charge >= 0.3 is 93.8 Å². The van der Waals surface area contributed by atoms with Crippen molar-refractivity contribution in [1.29, 1.82) is 0 Å². The third-order valence-electron chi connectivity index (χ3n) is 0.556. The molecule has 2 heteroatoms. The third-order valence-corrected chi connectivity index (χ3v) is 0.556. The molecule has 0 unspecified atom stereocenters. The summed E-state index contributed by atoms with van der Waals surface area (Å²) in [5, 5.41) is 0. The maximum atomic E-state index is 2.00. The molecule has 0 nitrogen and oxygen atoms in total. The maximum absolute atomic E-state index is 2.00. The molecule has 0 aliphatic heterocycles. The van der Waals surface area contributed by atoms with E-state index in [1.54, 1.807) is 0 Å². The molecule has 1 rings (SSSR count). The van der Waals surface area contributed by atoms with Crippen LogP contribution in [0.1, 0.15) is 0 Å². The van der Waals surface area contributed by atoms with Crippen molar-refractivity contribution >= 4 is 0 Å². The van der Waals surface area contributed by atoms with Crippen LogP contribution < -0.4 is 0 Å². The molecule has 0 aliphatic rings. The third kappa shape index (κ3) is 6.27. The summed E-state index contributed by atoms with van der Waals surface area (Å²) in [6, 6.07) is 10.0. The molecule has 0 saturated heterocycles. The molecule has 0 bridgehead atoms. The van der Waals surface area contributed by atoms with Crippen LogP contribution >= 0.6 is 0 Å². The molecule has 2 radical (unpaired) electrons. The molecule has 0 heterocycles. The topological polar surface area (TPSA) is 0 Å². The molecule has 0 atom stereocenters. The second-order valence-corrected chi connectivity index (χ2v) is 0.962. The first-order chi connectivity index (χ1) is 2.50. The van der Waals surface area contributed by atoms with Gasteiger partial charge in [0.25, 0.3) is 0 Å². The quantitative estimate of drug-likeness (QED) is 0.567. The molecule has 1 aromatic carbocycles. The Kier molecular flexibility index (Phi) is 14.5. The Morgan fingerprint density at radius 2 is 1.29 bits per heavy atom. The van der Waals surface area contributed by atoms with Gasteiger partial charge in [0.2, 0.25) is 0 Å². The van der Waals surface area contributed by atoms with Crippen LogP contribution in [0, 0.1) is 93.8 Å². The van der Waals surface area contributed by atoms with E-state index in [9.17, 15) is 0 Å². The Balaban J connectivity index is 0. The van der Waals surface area contributed by atoms with Gasteiger partial charge in [-0.05, 0) is 0 Å². The van der Waals surface area contributed by atoms with E-state index in [0.717, 1.165) is 0 Å². The van der Waals surface area contributed by atoms with Gasteiger partial charge < -0.3 is 0 Å². The summed E-state index contributed by atoms with van der Waals surface area (Å²) in [5.74, 6) is 0. The average Bonchev–Trinajstić information content (AvgIpc) is 1.76. The van der Waals surface area contributed by atoms with E-state index in [-0.39, 0.29) is 93.8 Å². The van der Waals surface area contributed by atoms with Crippen LogP contribution in [0.3, 0.4) is 0 Å². The Morgan fingerprint density at radius 1 is 0.857 bits per heavy atom. The van der Waals surface area contributed by atoms with Crippen molar-refractivity contribution < 1.29 is 93.8 Å². The second-order valence-electron chi connectivity index (χ2n) is 0.962. The van der Waals surface area contributed by atoms with Crippen LogP contribution in [-0.4, -0.2) is 0 Å². The standard InChI is InChI=1S/C5H5.2Yb/c1-2-4-5-3-1;;/h1-5H;;/q-1;2*+3. The summed E-state index contributed by atoms with van der Waals surface area (Å²) >= 11 is 0. The predicted octanol–water partition coefficient (Wildman–Crippen LogP) is 1.41. The molecule has 1 aromatic rings. The van der Waals surface area contributed by atoms with E-state index in [1.165, 1.54) is 0 Å². The molecule has 0 amide bonds. The average molecular weight is 411 g/mol. The minimum atomic E-state index is 0. The van der Waals surface area contributed by atoms with Crippen LogP contribution in [-0.2, 0) is 0 Å². The van der Waals surface area contributed by atoms with Crippen molar-refractivity contribution in [2.24, 2.45) is 0 Å². The van der Waals surface area contributed by atoms with Crippen LogP contribution in [0.2, 0.25) is 0 Å². The van der Waals surface area contributed by atoms with Gasteiger partial charge in [0.1, 0.15) is 0 Å². The molecule has 0 aromatic heterocycles. The minimum Gasteiger partial charge on any atom is -0.214 e. The van der Waals surface area contributed by atoms with E-state index < -0.39 is 0 Å². The molecule has 0 fully saturated rings. The van der Waals surface area contributed by atoms with Gasteiger partial charge in [0, 0.05) is 0 Å². The summed E-state index contributed by atoms with van der Waals surface area (Å²) in [6.45, 7) is 0. The summed E-state index contributed by atoms with van der Waals surface area (Å²) < 4.78 is 0. The molecular weight excluding hydrogens is 406 g/mol. The van der Waals surface area contributed by atoms with E-state index in [0.29, 0.717) is 0 Å². The van der Waals surface area contributed by atoms with E-state index in [2.05, 4.69) is 0 Å². The van der Waals surface area contributed by atoms with Crippen molar-refractivity contribution in [2.75, 3.05) is 0 Å². The maximum Gasteiger partial charge on any atom is 3.00 e. The molecule has 0 spiro atoms. The Hall–Kier alpha value is 2.39. The summed E-state index contributed by atoms with van der Waals surface area (Å²) in [4.78, 5) is 0. The first kappa shape index (κ1) is 12.1. The fourth-order valence-corrected chi connectivity index (χ4v) is 0.321. The predicted molar refractivity (Wildman–Crippen MR) is 22.0 cm³/mol. The van der Waals surface area contributed by atoms with E-state index in [1.807, 2.05) is 30.3 Å². The molecular formula is C5H5Yb2+5. The normalized spacial score (nSPS) is 5.71. The Labute approximate surface area is 121 Å². The fraction of sp³-hybridized carbons (Fsp3) is 0. The zero-order chi connectivity index (χ0) is 3.54. The Bertz CT molecular complexity index is 62.6. The van der Waals surface area contributed by atoms with Gasteiger partial charge in [-0.1, -0.05) is 0 Å². The van der Waals surface area contributed by atoms with Crippen molar-refractivity contribution in [3.8, 4) is 0 Å². The van der Waals surface area contributed by atoms with Gasteiger partial charge in [-0.3, -0.25) is 0 Å². The zero-order valence-corrected chi connectivity index (χ0v) is 6.85. The van der Waals surface area contributed by atoms with Gasteiger partial charge in [0.15, 0.2) is 0 Å². The van der Waals surface area contributed by atoms with Crippen LogP contribution in [0.5, 0.6) is 0 Å². The van der Waals surface area contributed by atoms with Gasteiger partial charge in [0.05, 0.1) is 0 Å². The van der Waals surface area contributed by atoms with E-state index >= 15 is 0 Å². The minimum absolute atomic E-state index is 0. The van der Waals surface area contributed by atoms with Crippen LogP contribution in [0.15, 0.2) is 30.3 Å². The second kappa shape index (κ2) is 8.39. The van der Waals surface area contributed by atoms with Crippen molar-refractivity contribution in [3.63, 3.8) is 0 Å². The van der Waals surface area contributed by atoms with E-state index in [4.69, 9.17) is 0 Å². The van der Waals surface area contributed by atoms with Crippen LogP contribution in [0.4, 0.5) is 0 Å². The van der Waals surface area contributed by atoms with Crippen molar-refractivity contribution in [1.82, 2.24) is 0 Å². The smallest absolute Gasteiger partial charge is 0.214 e. The molecule has 7 heavy (non-hydrogen) atoms. The molecule has 0 N–H and O–H groups in total. The number of hydrogen-bond donors (Lipinski definition) is 0. The number of hydrogen-bond acceptors (Lipinski definition) is 0. The first-order valence-corrected chi connectivity index (χ1v) is 1.67. The molecule has 0 aliphatic carbocycles. The Morgan fingerprint density at radius 3 is 1.43 bits per heavy atom.